The first-order valence-corrected chi connectivity index (χ1v) is 22.3. The van der Waals surface area contributed by atoms with Gasteiger partial charge in [-0.05, 0) is 140 Å². The second-order valence-corrected chi connectivity index (χ2v) is 20.0. The molecule has 0 radical (unpaired) electrons. The highest BCUT2D eigenvalue weighted by Crippen LogP contribution is 2.38. The third-order valence-corrected chi connectivity index (χ3v) is 12.3. The second kappa shape index (κ2) is 21.0. The molecule has 2 amide bonds. The summed E-state index contributed by atoms with van der Waals surface area (Å²) < 4.78 is 23.6. The van der Waals surface area contributed by atoms with Crippen molar-refractivity contribution >= 4 is 33.8 Å². The van der Waals surface area contributed by atoms with Crippen LogP contribution in [0.3, 0.4) is 0 Å². The number of amides is 2. The van der Waals surface area contributed by atoms with Crippen LogP contribution in [-0.2, 0) is 9.47 Å². The fourth-order valence-electron chi connectivity index (χ4n) is 9.25. The van der Waals surface area contributed by atoms with Gasteiger partial charge in [-0.15, -0.1) is 0 Å². The second-order valence-electron chi connectivity index (χ2n) is 19.0. The summed E-state index contributed by atoms with van der Waals surface area (Å²) in [4.78, 5) is 39.1. The standard InChI is InChI=1S/C22H33N3O3.C15H21BrN2O3.C7H13N.ClH/c1-22(2,3)28-21(26)25-8-4-5-18(25)15-27-20-10-19(11-23-12-20)24-13-16-6-7-17(9-16)14-24;1-15(2,3)21-14(19)18-6-4-5-12(18)10-20-13-7-11(16)8-17-9-13;1-2-7-3-6(1)4-8-5-7;/h10-12,16-18H,4-9,13-15H2,1-3H3;7-9,12H,4-6,10H2,1-3H3;6-8H,1-5H2;1H/t16?,17?,18-;12-;;/m00../s1. The molecule has 2 aliphatic carbocycles. The minimum atomic E-state index is -0.475. The molecule has 0 spiro atoms. The van der Waals surface area contributed by atoms with Crippen LogP contribution in [-0.4, -0.2) is 108 Å². The summed E-state index contributed by atoms with van der Waals surface area (Å²) in [5.74, 6) is 5.36. The third kappa shape index (κ3) is 14.0. The zero-order valence-electron chi connectivity index (χ0n) is 35.7. The number of nitrogens with two attached hydrogens (primary N) is 1. The van der Waals surface area contributed by atoms with E-state index in [1.807, 2.05) is 58.7 Å². The zero-order valence-corrected chi connectivity index (χ0v) is 38.0. The quantitative estimate of drug-likeness (QED) is 0.422. The molecule has 14 heteroatoms. The summed E-state index contributed by atoms with van der Waals surface area (Å²) in [7, 11) is 0. The Morgan fingerprint density at radius 3 is 1.64 bits per heavy atom. The monoisotopic (exact) mass is 890 g/mol. The molecule has 12 nitrogen and oxygen atoms in total. The van der Waals surface area contributed by atoms with Crippen LogP contribution in [0.5, 0.6) is 11.5 Å². The first-order chi connectivity index (χ1) is 27.2. The number of piperidine rings is 2. The topological polar surface area (TPSA) is 123 Å². The van der Waals surface area contributed by atoms with Gasteiger partial charge in [-0.25, -0.2) is 9.59 Å². The maximum absolute atomic E-state index is 12.4. The lowest BCUT2D eigenvalue weighted by atomic mass is 9.98. The normalized spacial score (nSPS) is 26.1. The van der Waals surface area contributed by atoms with Crippen molar-refractivity contribution in [2.45, 2.75) is 129 Å². The van der Waals surface area contributed by atoms with E-state index in [0.717, 1.165) is 91.4 Å². The number of fused-ring (bicyclic) bond motifs is 4. The number of rotatable bonds is 7. The molecule has 4 bridgehead atoms. The molecular weight excluding hydrogens is 824 g/mol. The van der Waals surface area contributed by atoms with Gasteiger partial charge < -0.3 is 51.4 Å². The van der Waals surface area contributed by atoms with Gasteiger partial charge in [0.1, 0.15) is 35.9 Å². The lowest BCUT2D eigenvalue weighted by Crippen LogP contribution is -3.00. The van der Waals surface area contributed by atoms with E-state index in [1.54, 1.807) is 29.9 Å². The number of anilines is 1. The Labute approximate surface area is 361 Å². The number of ether oxygens (including phenoxy) is 4. The molecule has 4 unspecified atom stereocenters. The molecule has 4 saturated heterocycles. The average Bonchev–Trinajstić information content (AvgIpc) is 3.97. The van der Waals surface area contributed by atoms with Crippen LogP contribution < -0.4 is 32.1 Å². The summed E-state index contributed by atoms with van der Waals surface area (Å²) in [6, 6.07) is 4.08. The number of carbonyl (C=O) groups excluding carboxylic acids is 2. The summed E-state index contributed by atoms with van der Waals surface area (Å²) in [5, 5.41) is 2.49. The number of nitrogens with zero attached hydrogens (tertiary/aromatic N) is 5. The average molecular weight is 892 g/mol. The number of hydrogen-bond acceptors (Lipinski definition) is 9. The molecule has 2 saturated carbocycles. The molecule has 2 aromatic rings. The molecule has 0 aromatic carbocycles. The molecule has 58 heavy (non-hydrogen) atoms. The van der Waals surface area contributed by atoms with Gasteiger partial charge in [0.15, 0.2) is 0 Å². The number of pyridine rings is 2. The number of quaternary nitrogens is 1. The van der Waals surface area contributed by atoms with Crippen LogP contribution in [0.4, 0.5) is 15.3 Å². The van der Waals surface area contributed by atoms with Gasteiger partial charge in [0.2, 0.25) is 0 Å². The summed E-state index contributed by atoms with van der Waals surface area (Å²) in [5.41, 5.74) is 0.209. The van der Waals surface area contributed by atoms with Crippen LogP contribution >= 0.6 is 15.9 Å². The van der Waals surface area contributed by atoms with Crippen LogP contribution in [0, 0.1) is 23.7 Å². The van der Waals surface area contributed by atoms with Crippen molar-refractivity contribution in [3.05, 3.63) is 41.4 Å². The fourth-order valence-corrected chi connectivity index (χ4v) is 9.59. The largest absolute Gasteiger partial charge is 1.00 e. The maximum Gasteiger partial charge on any atom is 0.410 e. The highest BCUT2D eigenvalue weighted by molar-refractivity contribution is 9.10. The minimum absolute atomic E-state index is 0. The summed E-state index contributed by atoms with van der Waals surface area (Å²) in [6.45, 7) is 18.8. The van der Waals surface area contributed by atoms with Crippen molar-refractivity contribution < 1.29 is 46.3 Å². The van der Waals surface area contributed by atoms with E-state index < -0.39 is 11.2 Å². The third-order valence-electron chi connectivity index (χ3n) is 11.9. The molecule has 6 aliphatic rings. The van der Waals surface area contributed by atoms with Gasteiger partial charge >= 0.3 is 12.2 Å². The van der Waals surface area contributed by atoms with Crippen LogP contribution in [0.1, 0.15) is 106 Å². The Kier molecular flexibility index (Phi) is 16.7. The van der Waals surface area contributed by atoms with Crippen LogP contribution in [0.15, 0.2) is 41.4 Å². The summed E-state index contributed by atoms with van der Waals surface area (Å²) >= 11 is 3.36. The molecule has 324 valence electrons. The Morgan fingerprint density at radius 1 is 0.690 bits per heavy atom. The van der Waals surface area contributed by atoms with E-state index in [-0.39, 0.29) is 36.7 Å². The number of carbonyl (C=O) groups is 2. The molecular formula is C44H68BrClN6O6. The van der Waals surface area contributed by atoms with Gasteiger partial charge in [-0.2, -0.15) is 0 Å². The van der Waals surface area contributed by atoms with Crippen molar-refractivity contribution in [3.8, 4) is 11.5 Å². The Hall–Kier alpha value is -3.03. The first kappa shape index (κ1) is 46.0. The smallest absolute Gasteiger partial charge is 0.410 e. The highest BCUT2D eigenvalue weighted by atomic mass is 79.9. The Balaban J connectivity index is 0.000000187. The van der Waals surface area contributed by atoms with Gasteiger partial charge in [-0.1, -0.05) is 0 Å². The minimum Gasteiger partial charge on any atom is -1.00 e. The molecule has 2 N–H and O–H groups in total. The number of aromatic nitrogens is 2. The van der Waals surface area contributed by atoms with E-state index in [2.05, 4.69) is 42.2 Å². The SMILES string of the molecule is C1CC2C[NH2+]CC1C2.CC(C)(C)OC(=O)N1CCC[C@H]1COc1cncc(Br)c1.CC(C)(C)OC(=O)N1CCC[C@H]1COc1cncc(N2CC3CCC(C3)C2)c1.[Cl-]. The number of halogens is 2. The van der Waals surface area contributed by atoms with Crippen molar-refractivity contribution in [3.63, 3.8) is 0 Å². The van der Waals surface area contributed by atoms with Gasteiger partial charge in [0.25, 0.3) is 0 Å². The van der Waals surface area contributed by atoms with Crippen molar-refractivity contribution in [1.29, 1.82) is 0 Å². The van der Waals surface area contributed by atoms with Crippen LogP contribution in [0.25, 0.3) is 0 Å². The Bertz CT molecular complexity index is 1600. The van der Waals surface area contributed by atoms with Crippen molar-refractivity contribution in [2.75, 3.05) is 57.4 Å². The van der Waals surface area contributed by atoms with Gasteiger partial charge in [0.05, 0.1) is 49.5 Å². The predicted molar refractivity (Wildman–Crippen MR) is 225 cm³/mol. The van der Waals surface area contributed by atoms with E-state index in [1.165, 1.54) is 45.2 Å². The lowest BCUT2D eigenvalue weighted by Gasteiger charge is -2.33. The molecule has 8 rings (SSSR count). The van der Waals surface area contributed by atoms with E-state index in [9.17, 15) is 9.59 Å². The number of likely N-dealkylation sites (tertiary alicyclic amines) is 2. The maximum atomic E-state index is 12.4. The molecule has 6 atom stereocenters. The van der Waals surface area contributed by atoms with E-state index in [4.69, 9.17) is 18.9 Å². The molecule has 6 heterocycles. The van der Waals surface area contributed by atoms with E-state index in [0.29, 0.717) is 19.0 Å². The van der Waals surface area contributed by atoms with E-state index >= 15 is 0 Å². The molecule has 6 fully saturated rings. The van der Waals surface area contributed by atoms with Crippen molar-refractivity contribution in [2.24, 2.45) is 23.7 Å². The zero-order chi connectivity index (χ0) is 40.6. The van der Waals surface area contributed by atoms with Gasteiger partial charge in [-0.3, -0.25) is 9.97 Å². The fraction of sp³-hybridized carbons (Fsp3) is 0.727. The lowest BCUT2D eigenvalue weighted by molar-refractivity contribution is -0.671. The van der Waals surface area contributed by atoms with Crippen molar-refractivity contribution in [1.82, 2.24) is 19.8 Å². The first-order valence-electron chi connectivity index (χ1n) is 21.5. The number of hydrogen-bond donors (Lipinski definition) is 1. The predicted octanol–water partition coefficient (Wildman–Crippen LogP) is 4.70. The highest BCUT2D eigenvalue weighted by Gasteiger charge is 2.35. The van der Waals surface area contributed by atoms with Crippen LogP contribution in [0.2, 0.25) is 0 Å². The Morgan fingerprint density at radius 2 is 1.16 bits per heavy atom. The molecule has 4 aliphatic heterocycles. The van der Waals surface area contributed by atoms with Gasteiger partial charge in [0, 0.05) is 54.8 Å². The molecule has 2 aromatic heterocycles. The summed E-state index contributed by atoms with van der Waals surface area (Å²) in [6.07, 6.45) is 19.2.